The fourth-order valence-electron chi connectivity index (χ4n) is 1.98. The molecule has 4 nitrogen and oxygen atoms in total. The highest BCUT2D eigenvalue weighted by atomic mass is 16.3. The summed E-state index contributed by atoms with van der Waals surface area (Å²) in [6.07, 6.45) is 0.435. The Bertz CT molecular complexity index is 447. The van der Waals surface area contributed by atoms with E-state index in [1.165, 1.54) is 0 Å². The molecule has 2 rings (SSSR count). The minimum atomic E-state index is -0.302. The first-order valence-electron chi connectivity index (χ1n) is 5.63. The van der Waals surface area contributed by atoms with E-state index in [1.54, 1.807) is 24.3 Å². The van der Waals surface area contributed by atoms with Crippen molar-refractivity contribution in [1.82, 2.24) is 4.90 Å². The molecule has 1 aliphatic rings. The second-order valence-corrected chi connectivity index (χ2v) is 4.29. The number of aliphatic hydroxyl groups is 1. The molecule has 1 N–H and O–H groups in total. The fraction of sp³-hybridized carbons (Fsp3) is 0.385. The lowest BCUT2D eigenvalue weighted by molar-refractivity contribution is 0.0935. The van der Waals surface area contributed by atoms with E-state index in [-0.39, 0.29) is 11.9 Å². The third-order valence-electron chi connectivity index (χ3n) is 2.95. The van der Waals surface area contributed by atoms with Crippen molar-refractivity contribution in [3.8, 4) is 6.07 Å². The normalized spacial score (nSPS) is 20.1. The molecule has 0 aromatic heterocycles. The van der Waals surface area contributed by atoms with Crippen molar-refractivity contribution in [1.29, 1.82) is 5.26 Å². The number of nitrogens with zero attached hydrogens (tertiary/aromatic N) is 2. The van der Waals surface area contributed by atoms with Crippen LogP contribution >= 0.6 is 0 Å². The summed E-state index contributed by atoms with van der Waals surface area (Å²) >= 11 is 0. The number of aliphatic hydroxyl groups excluding tert-OH is 1. The molecule has 1 atom stereocenters. The van der Waals surface area contributed by atoms with Gasteiger partial charge < -0.3 is 5.11 Å². The van der Waals surface area contributed by atoms with Gasteiger partial charge in [0.05, 0.1) is 24.3 Å². The van der Waals surface area contributed by atoms with Gasteiger partial charge in [-0.3, -0.25) is 9.69 Å². The van der Waals surface area contributed by atoms with Crippen molar-refractivity contribution >= 4 is 5.78 Å². The van der Waals surface area contributed by atoms with Gasteiger partial charge in [-0.25, -0.2) is 0 Å². The number of benzene rings is 1. The quantitative estimate of drug-likeness (QED) is 0.780. The molecule has 1 aromatic rings. The van der Waals surface area contributed by atoms with E-state index >= 15 is 0 Å². The van der Waals surface area contributed by atoms with E-state index in [4.69, 9.17) is 5.26 Å². The Hall–Kier alpha value is -1.70. The predicted molar refractivity (Wildman–Crippen MR) is 62.6 cm³/mol. The van der Waals surface area contributed by atoms with Gasteiger partial charge in [-0.2, -0.15) is 5.26 Å². The van der Waals surface area contributed by atoms with Crippen LogP contribution in [0.2, 0.25) is 0 Å². The molecule has 4 heteroatoms. The summed E-state index contributed by atoms with van der Waals surface area (Å²) in [4.78, 5) is 13.9. The van der Waals surface area contributed by atoms with Crippen molar-refractivity contribution in [2.24, 2.45) is 0 Å². The number of β-amino-alcohol motifs (C(OH)–C–C–N with tert-alkyl or cyclic N) is 1. The Balaban J connectivity index is 1.97. The molecule has 0 spiro atoms. The summed E-state index contributed by atoms with van der Waals surface area (Å²) in [6.45, 7) is 1.67. The van der Waals surface area contributed by atoms with Crippen LogP contribution in [0.25, 0.3) is 0 Å². The lowest BCUT2D eigenvalue weighted by Gasteiger charge is -2.13. The van der Waals surface area contributed by atoms with E-state index in [1.807, 2.05) is 11.0 Å². The van der Waals surface area contributed by atoms with Crippen molar-refractivity contribution in [3.05, 3.63) is 35.4 Å². The van der Waals surface area contributed by atoms with Gasteiger partial charge in [0.15, 0.2) is 5.78 Å². The maximum absolute atomic E-state index is 11.9. The van der Waals surface area contributed by atoms with E-state index < -0.39 is 0 Å². The summed E-state index contributed by atoms with van der Waals surface area (Å²) in [5.74, 6) is 0.0311. The second kappa shape index (κ2) is 5.09. The first kappa shape index (κ1) is 11.8. The zero-order valence-corrected chi connectivity index (χ0v) is 9.47. The molecule has 0 radical (unpaired) electrons. The van der Waals surface area contributed by atoms with E-state index in [2.05, 4.69) is 0 Å². The van der Waals surface area contributed by atoms with Crippen LogP contribution in [0.15, 0.2) is 24.3 Å². The third-order valence-corrected chi connectivity index (χ3v) is 2.95. The van der Waals surface area contributed by atoms with Crippen LogP contribution in [0.5, 0.6) is 0 Å². The number of hydrogen-bond donors (Lipinski definition) is 1. The van der Waals surface area contributed by atoms with Gasteiger partial charge >= 0.3 is 0 Å². The number of hydrogen-bond acceptors (Lipinski definition) is 4. The van der Waals surface area contributed by atoms with Gasteiger partial charge in [-0.1, -0.05) is 12.1 Å². The van der Waals surface area contributed by atoms with Gasteiger partial charge in [0.25, 0.3) is 0 Å². The summed E-state index contributed by atoms with van der Waals surface area (Å²) in [5, 5.41) is 18.0. The first-order chi connectivity index (χ1) is 8.19. The van der Waals surface area contributed by atoms with Gasteiger partial charge in [0.2, 0.25) is 0 Å². The maximum atomic E-state index is 11.9. The summed E-state index contributed by atoms with van der Waals surface area (Å²) in [6, 6.07) is 8.66. The van der Waals surface area contributed by atoms with E-state index in [0.717, 1.165) is 13.0 Å². The Morgan fingerprint density at radius 3 is 2.71 bits per heavy atom. The number of nitriles is 1. The highest BCUT2D eigenvalue weighted by Crippen LogP contribution is 2.11. The monoisotopic (exact) mass is 230 g/mol. The van der Waals surface area contributed by atoms with Crippen LogP contribution in [0.3, 0.4) is 0 Å². The minimum absolute atomic E-state index is 0.0311. The molecule has 0 saturated carbocycles. The summed E-state index contributed by atoms with van der Waals surface area (Å²) in [7, 11) is 0. The number of likely N-dealkylation sites (tertiary alicyclic amines) is 1. The summed E-state index contributed by atoms with van der Waals surface area (Å²) in [5.41, 5.74) is 1.17. The molecular weight excluding hydrogens is 216 g/mol. The second-order valence-electron chi connectivity index (χ2n) is 4.29. The van der Waals surface area contributed by atoms with Crippen LogP contribution < -0.4 is 0 Å². The number of Topliss-reactive ketones (excluding diaryl/α,β-unsaturated/α-hetero) is 1. The predicted octanol–water partition coefficient (Wildman–Crippen LogP) is 0.808. The molecule has 1 aromatic carbocycles. The minimum Gasteiger partial charge on any atom is -0.392 e. The van der Waals surface area contributed by atoms with E-state index in [0.29, 0.717) is 24.2 Å². The lowest BCUT2D eigenvalue weighted by atomic mass is 10.1. The van der Waals surface area contributed by atoms with Crippen molar-refractivity contribution < 1.29 is 9.90 Å². The standard InChI is InChI=1S/C13H14N2O2/c14-7-10-1-3-11(4-2-10)13(17)9-15-6-5-12(16)8-15/h1-4,12,16H,5-6,8-9H2/t12-/m0/s1. The lowest BCUT2D eigenvalue weighted by Crippen LogP contribution is -2.28. The Kier molecular flexibility index (Phi) is 3.52. The smallest absolute Gasteiger partial charge is 0.176 e. The van der Waals surface area contributed by atoms with Crippen LogP contribution in [-0.2, 0) is 0 Å². The first-order valence-corrected chi connectivity index (χ1v) is 5.63. The van der Waals surface area contributed by atoms with E-state index in [9.17, 15) is 9.90 Å². The third kappa shape index (κ3) is 2.90. The van der Waals surface area contributed by atoms with Crippen molar-refractivity contribution in [2.45, 2.75) is 12.5 Å². The molecule has 1 heterocycles. The molecule has 0 aliphatic carbocycles. The van der Waals surface area contributed by atoms with Gasteiger partial charge in [-0.05, 0) is 18.6 Å². The Labute approximate surface area is 100 Å². The SMILES string of the molecule is N#Cc1ccc(C(=O)CN2CC[C@H](O)C2)cc1. The molecule has 1 fully saturated rings. The van der Waals surface area contributed by atoms with Crippen LogP contribution in [-0.4, -0.2) is 41.5 Å². The highest BCUT2D eigenvalue weighted by molar-refractivity contribution is 5.97. The van der Waals surface area contributed by atoms with Crippen LogP contribution in [0.4, 0.5) is 0 Å². The van der Waals surface area contributed by atoms with Gasteiger partial charge in [-0.15, -0.1) is 0 Å². The average molecular weight is 230 g/mol. The van der Waals surface area contributed by atoms with Gasteiger partial charge in [0, 0.05) is 18.7 Å². The Morgan fingerprint density at radius 1 is 1.47 bits per heavy atom. The maximum Gasteiger partial charge on any atom is 0.176 e. The number of carbonyl (C=O) groups excluding carboxylic acids is 1. The van der Waals surface area contributed by atoms with Crippen LogP contribution in [0, 0.1) is 11.3 Å². The van der Waals surface area contributed by atoms with Gasteiger partial charge in [0.1, 0.15) is 0 Å². The molecule has 0 bridgehead atoms. The fourth-order valence-corrected chi connectivity index (χ4v) is 1.98. The topological polar surface area (TPSA) is 64.3 Å². The van der Waals surface area contributed by atoms with Crippen LogP contribution in [0.1, 0.15) is 22.3 Å². The molecule has 1 saturated heterocycles. The van der Waals surface area contributed by atoms with Crippen molar-refractivity contribution in [2.75, 3.05) is 19.6 Å². The Morgan fingerprint density at radius 2 is 2.18 bits per heavy atom. The molecule has 0 unspecified atom stereocenters. The zero-order chi connectivity index (χ0) is 12.3. The summed E-state index contributed by atoms with van der Waals surface area (Å²) < 4.78 is 0. The molecular formula is C13H14N2O2. The molecule has 0 amide bonds. The molecule has 17 heavy (non-hydrogen) atoms. The average Bonchev–Trinajstić information content (AvgIpc) is 2.75. The number of rotatable bonds is 3. The largest absolute Gasteiger partial charge is 0.392 e. The molecule has 1 aliphatic heterocycles. The zero-order valence-electron chi connectivity index (χ0n) is 9.47. The number of ketones is 1. The van der Waals surface area contributed by atoms with Crippen molar-refractivity contribution in [3.63, 3.8) is 0 Å². The number of carbonyl (C=O) groups is 1. The molecule has 88 valence electrons. The highest BCUT2D eigenvalue weighted by Gasteiger charge is 2.22.